The Morgan fingerprint density at radius 1 is 1.33 bits per heavy atom. The molecule has 6 heteroatoms. The van der Waals surface area contributed by atoms with Crippen LogP contribution in [0.4, 0.5) is 8.78 Å². The first-order valence-electron chi connectivity index (χ1n) is 6.89. The Morgan fingerprint density at radius 2 is 2.10 bits per heavy atom. The summed E-state index contributed by atoms with van der Waals surface area (Å²) in [5, 5.41) is 8.00. The van der Waals surface area contributed by atoms with Gasteiger partial charge in [0.15, 0.2) is 11.6 Å². The van der Waals surface area contributed by atoms with E-state index in [9.17, 15) is 8.78 Å². The summed E-state index contributed by atoms with van der Waals surface area (Å²) in [5.41, 5.74) is 1.57. The van der Waals surface area contributed by atoms with Crippen molar-refractivity contribution in [2.45, 2.75) is 32.4 Å². The number of nitrogens with zero attached hydrogens (tertiary/aromatic N) is 2. The van der Waals surface area contributed by atoms with E-state index >= 15 is 0 Å². The molecule has 0 aliphatic rings. The van der Waals surface area contributed by atoms with Gasteiger partial charge in [0.2, 0.25) is 0 Å². The molecule has 0 saturated carbocycles. The molecule has 1 N–H and O–H groups in total. The summed E-state index contributed by atoms with van der Waals surface area (Å²) in [6, 6.07) is 3.82. The molecule has 0 amide bonds. The molecule has 0 spiro atoms. The van der Waals surface area contributed by atoms with E-state index in [4.69, 9.17) is 11.6 Å². The minimum atomic E-state index is -0.839. The van der Waals surface area contributed by atoms with E-state index in [1.165, 1.54) is 6.07 Å². The SMILES string of the molecule is CCCn1ncc(Cl)c1C(Cc1ccc(F)c(F)c1)NC. The fraction of sp³-hybridized carbons (Fsp3) is 0.400. The lowest BCUT2D eigenvalue weighted by molar-refractivity contribution is 0.489. The number of benzene rings is 1. The lowest BCUT2D eigenvalue weighted by atomic mass is 10.0. The first kappa shape index (κ1) is 15.9. The molecule has 0 aliphatic heterocycles. The third kappa shape index (κ3) is 3.60. The zero-order valence-electron chi connectivity index (χ0n) is 12.0. The summed E-state index contributed by atoms with van der Waals surface area (Å²) >= 11 is 6.22. The van der Waals surface area contributed by atoms with Crippen LogP contribution in [0, 0.1) is 11.6 Å². The number of rotatable bonds is 6. The molecule has 1 aromatic carbocycles. The third-order valence-electron chi connectivity index (χ3n) is 3.37. The van der Waals surface area contributed by atoms with Gasteiger partial charge in [-0.05, 0) is 37.6 Å². The van der Waals surface area contributed by atoms with Gasteiger partial charge in [-0.25, -0.2) is 8.78 Å². The van der Waals surface area contributed by atoms with Gasteiger partial charge < -0.3 is 5.32 Å². The maximum absolute atomic E-state index is 13.3. The molecule has 0 aliphatic carbocycles. The van der Waals surface area contributed by atoms with Crippen LogP contribution in [0.1, 0.15) is 30.6 Å². The van der Waals surface area contributed by atoms with Gasteiger partial charge >= 0.3 is 0 Å². The topological polar surface area (TPSA) is 29.9 Å². The fourth-order valence-electron chi connectivity index (χ4n) is 2.35. The minimum Gasteiger partial charge on any atom is -0.311 e. The van der Waals surface area contributed by atoms with Gasteiger partial charge in [-0.2, -0.15) is 5.10 Å². The Kier molecular flexibility index (Phi) is 5.31. The Morgan fingerprint density at radius 3 is 2.71 bits per heavy atom. The zero-order chi connectivity index (χ0) is 15.4. The first-order valence-corrected chi connectivity index (χ1v) is 7.27. The first-order chi connectivity index (χ1) is 10.1. The number of aryl methyl sites for hydroxylation is 1. The van der Waals surface area contributed by atoms with E-state index in [1.807, 2.05) is 11.7 Å². The second-order valence-electron chi connectivity index (χ2n) is 4.89. The fourth-order valence-corrected chi connectivity index (χ4v) is 2.62. The Hall–Kier alpha value is -1.46. The average molecular weight is 314 g/mol. The summed E-state index contributed by atoms with van der Waals surface area (Å²) in [6.45, 7) is 2.82. The second kappa shape index (κ2) is 7.00. The molecular formula is C15H18ClF2N3. The van der Waals surface area contributed by atoms with Crippen molar-refractivity contribution in [2.75, 3.05) is 7.05 Å². The maximum Gasteiger partial charge on any atom is 0.159 e. The summed E-state index contributed by atoms with van der Waals surface area (Å²) in [4.78, 5) is 0. The van der Waals surface area contributed by atoms with E-state index in [-0.39, 0.29) is 6.04 Å². The van der Waals surface area contributed by atoms with E-state index in [0.29, 0.717) is 17.0 Å². The quantitative estimate of drug-likeness (QED) is 0.880. The molecule has 1 aromatic heterocycles. The molecule has 0 bridgehead atoms. The normalized spacial score (nSPS) is 12.6. The van der Waals surface area contributed by atoms with Crippen LogP contribution < -0.4 is 5.32 Å². The Balaban J connectivity index is 2.27. The van der Waals surface area contributed by atoms with E-state index in [2.05, 4.69) is 17.3 Å². The number of aromatic nitrogens is 2. The van der Waals surface area contributed by atoms with Crippen LogP contribution in [0.15, 0.2) is 24.4 Å². The van der Waals surface area contributed by atoms with Crippen LogP contribution >= 0.6 is 11.6 Å². The molecule has 0 radical (unpaired) electrons. The van der Waals surface area contributed by atoms with E-state index < -0.39 is 11.6 Å². The molecular weight excluding hydrogens is 296 g/mol. The predicted molar refractivity (Wildman–Crippen MR) is 79.4 cm³/mol. The van der Waals surface area contributed by atoms with Crippen molar-refractivity contribution in [3.63, 3.8) is 0 Å². The van der Waals surface area contributed by atoms with Crippen molar-refractivity contribution in [1.82, 2.24) is 15.1 Å². The van der Waals surface area contributed by atoms with Crippen LogP contribution in [0.3, 0.4) is 0 Å². The lowest BCUT2D eigenvalue weighted by Crippen LogP contribution is -2.23. The van der Waals surface area contributed by atoms with Crippen LogP contribution in [0.25, 0.3) is 0 Å². The van der Waals surface area contributed by atoms with Gasteiger partial charge in [0.05, 0.1) is 23.0 Å². The second-order valence-corrected chi connectivity index (χ2v) is 5.30. The molecule has 1 heterocycles. The molecule has 0 fully saturated rings. The standard InChI is InChI=1S/C15H18ClF2N3/c1-3-6-21-15(11(16)9-20-21)14(19-2)8-10-4-5-12(17)13(18)7-10/h4-5,7,9,14,19H,3,6,8H2,1-2H3. The van der Waals surface area contributed by atoms with Crippen LogP contribution in [0.2, 0.25) is 5.02 Å². The zero-order valence-corrected chi connectivity index (χ0v) is 12.8. The van der Waals surface area contributed by atoms with Crippen molar-refractivity contribution in [3.8, 4) is 0 Å². The smallest absolute Gasteiger partial charge is 0.159 e. The lowest BCUT2D eigenvalue weighted by Gasteiger charge is -2.19. The molecule has 1 unspecified atom stereocenters. The minimum absolute atomic E-state index is 0.114. The van der Waals surface area contributed by atoms with Gasteiger partial charge in [-0.1, -0.05) is 24.6 Å². The van der Waals surface area contributed by atoms with E-state index in [0.717, 1.165) is 24.7 Å². The highest BCUT2D eigenvalue weighted by atomic mass is 35.5. The van der Waals surface area contributed by atoms with Gasteiger partial charge in [0, 0.05) is 6.54 Å². The molecule has 2 rings (SSSR count). The van der Waals surface area contributed by atoms with Crippen molar-refractivity contribution in [1.29, 1.82) is 0 Å². The molecule has 2 aromatic rings. The number of likely N-dealkylation sites (N-methyl/N-ethyl adjacent to an activating group) is 1. The van der Waals surface area contributed by atoms with Crippen LogP contribution in [-0.2, 0) is 13.0 Å². The largest absolute Gasteiger partial charge is 0.311 e. The van der Waals surface area contributed by atoms with Gasteiger partial charge in [-0.15, -0.1) is 0 Å². The Bertz CT molecular complexity index is 613. The number of hydrogen-bond acceptors (Lipinski definition) is 2. The summed E-state index contributed by atoms with van der Waals surface area (Å²) in [7, 11) is 1.81. The monoisotopic (exact) mass is 313 g/mol. The van der Waals surface area contributed by atoms with Crippen LogP contribution in [0.5, 0.6) is 0 Å². The molecule has 1 atom stereocenters. The highest BCUT2D eigenvalue weighted by Crippen LogP contribution is 2.26. The third-order valence-corrected chi connectivity index (χ3v) is 3.66. The number of hydrogen-bond donors (Lipinski definition) is 1. The number of nitrogens with one attached hydrogen (secondary N) is 1. The maximum atomic E-state index is 13.3. The van der Waals surface area contributed by atoms with E-state index in [1.54, 1.807) is 12.3 Å². The molecule has 21 heavy (non-hydrogen) atoms. The Labute approximate surface area is 127 Å². The summed E-state index contributed by atoms with van der Waals surface area (Å²) < 4.78 is 28.2. The molecule has 114 valence electrons. The van der Waals surface area contributed by atoms with Gasteiger partial charge in [-0.3, -0.25) is 4.68 Å². The van der Waals surface area contributed by atoms with Gasteiger partial charge in [0.25, 0.3) is 0 Å². The van der Waals surface area contributed by atoms with Crippen molar-refractivity contribution in [3.05, 3.63) is 52.3 Å². The van der Waals surface area contributed by atoms with Crippen LogP contribution in [-0.4, -0.2) is 16.8 Å². The highest BCUT2D eigenvalue weighted by molar-refractivity contribution is 6.31. The predicted octanol–water partition coefficient (Wildman–Crippen LogP) is 3.73. The van der Waals surface area contributed by atoms with Crippen molar-refractivity contribution >= 4 is 11.6 Å². The summed E-state index contributed by atoms with van der Waals surface area (Å²) in [5.74, 6) is -1.68. The number of halogens is 3. The average Bonchev–Trinajstić information content (AvgIpc) is 2.82. The van der Waals surface area contributed by atoms with Crippen molar-refractivity contribution < 1.29 is 8.78 Å². The van der Waals surface area contributed by atoms with Gasteiger partial charge in [0.1, 0.15) is 0 Å². The highest BCUT2D eigenvalue weighted by Gasteiger charge is 2.19. The molecule has 3 nitrogen and oxygen atoms in total. The molecule has 0 saturated heterocycles. The summed E-state index contributed by atoms with van der Waals surface area (Å²) in [6.07, 6.45) is 3.05. The van der Waals surface area contributed by atoms with Crippen molar-refractivity contribution in [2.24, 2.45) is 0 Å².